The third-order valence-corrected chi connectivity index (χ3v) is 5.66. The first-order valence-corrected chi connectivity index (χ1v) is 11.2. The first-order chi connectivity index (χ1) is 15.8. The van der Waals surface area contributed by atoms with Crippen molar-refractivity contribution in [3.05, 3.63) is 29.8 Å². The minimum absolute atomic E-state index is 0.00399. The van der Waals surface area contributed by atoms with E-state index in [2.05, 4.69) is 29.4 Å². The third-order valence-electron chi connectivity index (χ3n) is 5.66. The minimum Gasteiger partial charge on any atom is -0.487 e. The maximum atomic E-state index is 12.3. The number of fused-ring (bicyclic) bond motifs is 1. The Labute approximate surface area is 196 Å². The molecule has 1 saturated heterocycles. The number of nitrogens with one attached hydrogen (secondary N) is 2. The fourth-order valence-corrected chi connectivity index (χ4v) is 4.16. The zero-order valence-electron chi connectivity index (χ0n) is 19.6. The van der Waals surface area contributed by atoms with Gasteiger partial charge in [0.05, 0.1) is 12.6 Å². The zero-order valence-corrected chi connectivity index (χ0v) is 19.6. The first kappa shape index (κ1) is 27.4. The minimum atomic E-state index is -5.08. The maximum absolute atomic E-state index is 12.3. The van der Waals surface area contributed by atoms with Gasteiger partial charge in [0.15, 0.2) is 0 Å². The SMILES string of the molecule is CC(=O)NCC(=O)NC1CC2(CCN(CC(C)C)CC2)Oc2ccccc21.O=C(O)C(F)(F)F. The molecular formula is C23H32F3N3O5. The lowest BCUT2D eigenvalue weighted by Gasteiger charge is -2.47. The number of halogens is 3. The Kier molecular flexibility index (Phi) is 9.31. The number of piperidine rings is 1. The van der Waals surface area contributed by atoms with E-state index in [0.29, 0.717) is 5.92 Å². The normalized spacial score (nSPS) is 19.3. The van der Waals surface area contributed by atoms with Gasteiger partial charge < -0.3 is 25.4 Å². The number of carboxylic acids is 1. The van der Waals surface area contributed by atoms with E-state index in [4.69, 9.17) is 14.6 Å². The van der Waals surface area contributed by atoms with Crippen LogP contribution in [0.3, 0.4) is 0 Å². The van der Waals surface area contributed by atoms with E-state index in [9.17, 15) is 22.8 Å². The Hall–Kier alpha value is -2.82. The molecule has 2 heterocycles. The van der Waals surface area contributed by atoms with Crippen LogP contribution in [0.5, 0.6) is 5.75 Å². The van der Waals surface area contributed by atoms with E-state index < -0.39 is 12.1 Å². The second kappa shape index (κ2) is 11.5. The molecule has 2 amide bonds. The van der Waals surface area contributed by atoms with Crippen LogP contribution in [0.4, 0.5) is 13.2 Å². The molecule has 3 rings (SSSR count). The number of aliphatic carboxylic acids is 1. The lowest BCUT2D eigenvalue weighted by atomic mass is 9.80. The van der Waals surface area contributed by atoms with E-state index in [1.165, 1.54) is 6.92 Å². The summed E-state index contributed by atoms with van der Waals surface area (Å²) < 4.78 is 38.2. The Bertz CT molecular complexity index is 868. The highest BCUT2D eigenvalue weighted by molar-refractivity contribution is 5.84. The molecule has 1 aromatic rings. The first-order valence-electron chi connectivity index (χ1n) is 11.2. The summed E-state index contributed by atoms with van der Waals surface area (Å²) >= 11 is 0. The molecule has 0 bridgehead atoms. The Morgan fingerprint density at radius 3 is 2.32 bits per heavy atom. The van der Waals surface area contributed by atoms with Crippen molar-refractivity contribution in [1.29, 1.82) is 0 Å². The van der Waals surface area contributed by atoms with E-state index in [1.54, 1.807) is 0 Å². The maximum Gasteiger partial charge on any atom is 0.490 e. The van der Waals surface area contributed by atoms with Gasteiger partial charge in [-0.15, -0.1) is 0 Å². The average molecular weight is 488 g/mol. The molecule has 0 aliphatic carbocycles. The smallest absolute Gasteiger partial charge is 0.487 e. The Morgan fingerprint density at radius 1 is 1.21 bits per heavy atom. The highest BCUT2D eigenvalue weighted by atomic mass is 19.4. The molecule has 0 radical (unpaired) electrons. The molecule has 1 aromatic carbocycles. The molecule has 11 heteroatoms. The number of hydrogen-bond donors (Lipinski definition) is 3. The summed E-state index contributed by atoms with van der Waals surface area (Å²) in [7, 11) is 0. The highest BCUT2D eigenvalue weighted by Gasteiger charge is 2.43. The standard InChI is InChI=1S/C21H31N3O3.C2HF3O2/c1-15(2)14-24-10-8-21(9-11-24)12-18(23-20(26)13-22-16(3)25)17-6-4-5-7-19(17)27-21;3-2(4,5)1(6)7/h4-7,15,18H,8-14H2,1-3H3,(H,22,25)(H,23,26);(H,6,7). The summed E-state index contributed by atoms with van der Waals surface area (Å²) in [5, 5.41) is 12.8. The van der Waals surface area contributed by atoms with Gasteiger partial charge in [-0.3, -0.25) is 9.59 Å². The number of hydrogen-bond acceptors (Lipinski definition) is 5. The van der Waals surface area contributed by atoms with Gasteiger partial charge in [-0.1, -0.05) is 32.0 Å². The second-order valence-corrected chi connectivity index (χ2v) is 9.05. The van der Waals surface area contributed by atoms with E-state index >= 15 is 0 Å². The molecule has 2 aliphatic rings. The number of nitrogens with zero attached hydrogens (tertiary/aromatic N) is 1. The van der Waals surface area contributed by atoms with E-state index in [0.717, 1.165) is 50.2 Å². The summed E-state index contributed by atoms with van der Waals surface area (Å²) in [6, 6.07) is 7.86. The van der Waals surface area contributed by atoms with Crippen molar-refractivity contribution in [3.63, 3.8) is 0 Å². The van der Waals surface area contributed by atoms with Crippen LogP contribution < -0.4 is 15.4 Å². The van der Waals surface area contributed by atoms with Crippen molar-refractivity contribution in [2.75, 3.05) is 26.2 Å². The van der Waals surface area contributed by atoms with Crippen LogP contribution in [-0.4, -0.2) is 65.7 Å². The molecule has 1 unspecified atom stereocenters. The summed E-state index contributed by atoms with van der Waals surface area (Å²) in [4.78, 5) is 34.8. The van der Waals surface area contributed by atoms with Crippen molar-refractivity contribution >= 4 is 17.8 Å². The molecule has 3 N–H and O–H groups in total. The van der Waals surface area contributed by atoms with Gasteiger partial charge >= 0.3 is 12.1 Å². The third kappa shape index (κ3) is 8.19. The van der Waals surface area contributed by atoms with Crippen LogP contribution in [0.2, 0.25) is 0 Å². The monoisotopic (exact) mass is 487 g/mol. The molecule has 8 nitrogen and oxygen atoms in total. The Morgan fingerprint density at radius 2 is 1.79 bits per heavy atom. The van der Waals surface area contributed by atoms with Crippen molar-refractivity contribution in [2.45, 2.75) is 57.9 Å². The van der Waals surface area contributed by atoms with Crippen LogP contribution >= 0.6 is 0 Å². The number of ether oxygens (including phenoxy) is 1. The number of benzene rings is 1. The topological polar surface area (TPSA) is 108 Å². The van der Waals surface area contributed by atoms with Gasteiger partial charge in [0.25, 0.3) is 0 Å². The van der Waals surface area contributed by atoms with Gasteiger partial charge in [0.2, 0.25) is 11.8 Å². The molecule has 1 fully saturated rings. The number of amides is 2. The predicted octanol–water partition coefficient (Wildman–Crippen LogP) is 2.89. The zero-order chi connectivity index (χ0) is 25.5. The van der Waals surface area contributed by atoms with Gasteiger partial charge in [-0.2, -0.15) is 13.2 Å². The summed E-state index contributed by atoms with van der Waals surface area (Å²) in [6.07, 6.45) is -2.39. The summed E-state index contributed by atoms with van der Waals surface area (Å²) in [5.74, 6) is -1.60. The average Bonchev–Trinajstić information content (AvgIpc) is 2.73. The van der Waals surface area contributed by atoms with Crippen molar-refractivity contribution in [1.82, 2.24) is 15.5 Å². The fraction of sp³-hybridized carbons (Fsp3) is 0.609. The summed E-state index contributed by atoms with van der Waals surface area (Å²) in [6.45, 7) is 9.07. The van der Waals surface area contributed by atoms with Crippen LogP contribution in [0.1, 0.15) is 51.6 Å². The van der Waals surface area contributed by atoms with Crippen LogP contribution in [0.25, 0.3) is 0 Å². The molecule has 1 spiro atoms. The van der Waals surface area contributed by atoms with E-state index in [1.807, 2.05) is 24.3 Å². The van der Waals surface area contributed by atoms with Gasteiger partial charge in [-0.05, 0) is 24.8 Å². The quantitative estimate of drug-likeness (QED) is 0.590. The Balaban J connectivity index is 0.000000509. The molecule has 0 saturated carbocycles. The number of alkyl halides is 3. The van der Waals surface area contributed by atoms with Crippen molar-refractivity contribution in [3.8, 4) is 5.75 Å². The largest absolute Gasteiger partial charge is 0.490 e. The highest BCUT2D eigenvalue weighted by Crippen LogP contribution is 2.44. The number of carbonyl (C=O) groups excluding carboxylic acids is 2. The lowest BCUT2D eigenvalue weighted by Crippen LogP contribution is -2.53. The predicted molar refractivity (Wildman–Crippen MR) is 118 cm³/mol. The van der Waals surface area contributed by atoms with Crippen molar-refractivity contribution < 1.29 is 37.4 Å². The molecule has 34 heavy (non-hydrogen) atoms. The van der Waals surface area contributed by atoms with Crippen LogP contribution in [-0.2, 0) is 14.4 Å². The molecular weight excluding hydrogens is 455 g/mol. The van der Waals surface area contributed by atoms with Gasteiger partial charge in [-0.25, -0.2) is 4.79 Å². The lowest BCUT2D eigenvalue weighted by molar-refractivity contribution is -0.192. The van der Waals surface area contributed by atoms with Crippen LogP contribution in [0.15, 0.2) is 24.3 Å². The number of carbonyl (C=O) groups is 3. The number of likely N-dealkylation sites (tertiary alicyclic amines) is 1. The molecule has 0 aromatic heterocycles. The fourth-order valence-electron chi connectivity index (χ4n) is 4.16. The van der Waals surface area contributed by atoms with Gasteiger partial charge in [0.1, 0.15) is 11.4 Å². The number of carboxylic acid groups (broad SMARTS) is 1. The molecule has 2 aliphatic heterocycles. The molecule has 1 atom stereocenters. The van der Waals surface area contributed by atoms with Gasteiger partial charge in [0, 0.05) is 38.5 Å². The van der Waals surface area contributed by atoms with Crippen LogP contribution in [0, 0.1) is 5.92 Å². The van der Waals surface area contributed by atoms with E-state index in [-0.39, 0.29) is 30.0 Å². The molecule has 190 valence electrons. The van der Waals surface area contributed by atoms with Crippen molar-refractivity contribution in [2.24, 2.45) is 5.92 Å². The second-order valence-electron chi connectivity index (χ2n) is 9.05. The summed E-state index contributed by atoms with van der Waals surface area (Å²) in [5.41, 5.74) is 0.789. The number of rotatable bonds is 5. The number of para-hydroxylation sites is 1.